The second-order valence-corrected chi connectivity index (χ2v) is 14.8. The predicted molar refractivity (Wildman–Crippen MR) is 152 cm³/mol. The van der Waals surface area contributed by atoms with Gasteiger partial charge in [-0.25, -0.2) is 8.93 Å². The maximum absolute atomic E-state index is 13.5. The third kappa shape index (κ3) is 6.59. The third-order valence-electron chi connectivity index (χ3n) is 6.68. The summed E-state index contributed by atoms with van der Waals surface area (Å²) < 4.78 is 16.6. The van der Waals surface area contributed by atoms with Crippen molar-refractivity contribution in [1.29, 1.82) is 0 Å². The molecule has 0 saturated carbocycles. The van der Waals surface area contributed by atoms with Crippen LogP contribution in [0, 0.1) is 0 Å². The van der Waals surface area contributed by atoms with Gasteiger partial charge in [0.2, 0.25) is 0 Å². The zero-order valence-electron chi connectivity index (χ0n) is 23.3. The second kappa shape index (κ2) is 10.1. The van der Waals surface area contributed by atoms with Crippen molar-refractivity contribution in [3.63, 3.8) is 0 Å². The summed E-state index contributed by atoms with van der Waals surface area (Å²) in [6.45, 7) is 21.8. The number of para-hydroxylation sites is 1. The first kappa shape index (κ1) is 27.5. The molecule has 190 valence electrons. The molecule has 2 aromatic carbocycles. The average molecular weight is 493 g/mol. The second-order valence-electron chi connectivity index (χ2n) is 12.8. The summed E-state index contributed by atoms with van der Waals surface area (Å²) in [5, 5.41) is 1.14. The first-order chi connectivity index (χ1) is 16.1. The highest BCUT2D eigenvalue weighted by atomic mass is 32.2. The van der Waals surface area contributed by atoms with Gasteiger partial charge in [0.1, 0.15) is 0 Å². The Kier molecular flexibility index (Phi) is 7.98. The monoisotopic (exact) mass is 492 g/mol. The van der Waals surface area contributed by atoms with E-state index in [-0.39, 0.29) is 27.5 Å². The van der Waals surface area contributed by atoms with Crippen LogP contribution in [0.5, 0.6) is 0 Å². The molecule has 1 unspecified atom stereocenters. The van der Waals surface area contributed by atoms with Crippen LogP contribution in [0.3, 0.4) is 0 Å². The maximum atomic E-state index is 13.5. The van der Waals surface area contributed by atoms with Gasteiger partial charge in [0.05, 0.1) is 27.3 Å². The van der Waals surface area contributed by atoms with Gasteiger partial charge >= 0.3 is 0 Å². The van der Waals surface area contributed by atoms with Crippen molar-refractivity contribution >= 4 is 21.9 Å². The number of pyridine rings is 1. The van der Waals surface area contributed by atoms with Gasteiger partial charge in [0, 0.05) is 17.0 Å². The van der Waals surface area contributed by atoms with Gasteiger partial charge < -0.3 is 0 Å². The third-order valence-corrected chi connectivity index (χ3v) is 8.26. The first-order valence-corrected chi connectivity index (χ1v) is 14.0. The fraction of sp³-hybridized carbons (Fsp3) is 0.516. The summed E-state index contributed by atoms with van der Waals surface area (Å²) >= 11 is 0. The average Bonchev–Trinajstić information content (AvgIpc) is 2.76. The van der Waals surface area contributed by atoms with E-state index in [0.29, 0.717) is 0 Å². The quantitative estimate of drug-likeness (QED) is 0.377. The number of nitrogens with one attached hydrogen (secondary N) is 1. The topological polar surface area (TPSA) is 42.0 Å². The van der Waals surface area contributed by atoms with Crippen molar-refractivity contribution in [3.05, 3.63) is 77.0 Å². The van der Waals surface area contributed by atoms with Gasteiger partial charge in [0.15, 0.2) is 0 Å². The van der Waals surface area contributed by atoms with Crippen LogP contribution in [-0.2, 0) is 21.8 Å². The minimum Gasteiger partial charge on any atom is -0.252 e. The molecule has 0 amide bonds. The van der Waals surface area contributed by atoms with Crippen molar-refractivity contribution in [2.24, 2.45) is 0 Å². The minimum absolute atomic E-state index is 0.00660. The highest BCUT2D eigenvalue weighted by molar-refractivity contribution is 7.84. The fourth-order valence-corrected chi connectivity index (χ4v) is 5.16. The van der Waals surface area contributed by atoms with Crippen LogP contribution in [0.1, 0.15) is 110 Å². The van der Waals surface area contributed by atoms with E-state index < -0.39 is 11.0 Å². The zero-order chi connectivity index (χ0) is 26.2. The largest absolute Gasteiger partial charge is 0.252 e. The van der Waals surface area contributed by atoms with E-state index in [1.54, 1.807) is 0 Å². The van der Waals surface area contributed by atoms with Gasteiger partial charge in [-0.15, -0.1) is 0 Å². The number of hydrogen-bond donors (Lipinski definition) is 1. The predicted octanol–water partition coefficient (Wildman–Crippen LogP) is 8.12. The lowest BCUT2D eigenvalue weighted by Crippen LogP contribution is -2.38. The zero-order valence-corrected chi connectivity index (χ0v) is 24.1. The molecule has 1 heterocycles. The molecule has 1 aromatic heterocycles. The molecule has 0 aliphatic heterocycles. The number of fused-ring (bicyclic) bond motifs is 1. The Labute approximate surface area is 215 Å². The lowest BCUT2D eigenvalue weighted by Gasteiger charge is -2.33. The van der Waals surface area contributed by atoms with E-state index in [9.17, 15) is 4.21 Å². The number of aromatic nitrogens is 1. The first-order valence-electron chi connectivity index (χ1n) is 12.8. The molecular formula is C31H44N2OS. The number of nitrogens with zero attached hydrogens (tertiary/aromatic N) is 1. The maximum Gasteiger partial charge on any atom is 0.0976 e. The SMILES string of the molecule is CC[C@H](c1ccc2ccccc2n1)[C@@H](NS(=O)C(C)(C)C)c1cc(C(C)(C)C)cc(C(C)(C)C)c1. The van der Waals surface area contributed by atoms with E-state index in [1.165, 1.54) is 16.7 Å². The summed E-state index contributed by atoms with van der Waals surface area (Å²) in [7, 11) is -1.22. The molecule has 0 spiro atoms. The summed E-state index contributed by atoms with van der Waals surface area (Å²) in [4.78, 5) is 5.07. The van der Waals surface area contributed by atoms with E-state index in [1.807, 2.05) is 32.9 Å². The Morgan fingerprint density at radius 3 is 1.91 bits per heavy atom. The van der Waals surface area contributed by atoms with Crippen LogP contribution in [0.25, 0.3) is 10.9 Å². The van der Waals surface area contributed by atoms with Gasteiger partial charge in [-0.05, 0) is 66.8 Å². The molecule has 0 saturated heterocycles. The highest BCUT2D eigenvalue weighted by Crippen LogP contribution is 2.39. The molecule has 3 rings (SSSR count). The molecular weight excluding hydrogens is 448 g/mol. The van der Waals surface area contributed by atoms with Crippen molar-refractivity contribution in [1.82, 2.24) is 9.71 Å². The summed E-state index contributed by atoms with van der Waals surface area (Å²) in [5.74, 6) is 0.0777. The normalized spacial score (nSPS) is 15.7. The van der Waals surface area contributed by atoms with E-state index in [4.69, 9.17) is 4.98 Å². The van der Waals surface area contributed by atoms with Crippen molar-refractivity contribution < 1.29 is 4.21 Å². The van der Waals surface area contributed by atoms with E-state index >= 15 is 0 Å². The summed E-state index contributed by atoms with van der Waals surface area (Å²) in [6, 6.07) is 19.4. The Morgan fingerprint density at radius 2 is 1.40 bits per heavy atom. The Hall–Kier alpha value is -2.04. The van der Waals surface area contributed by atoms with Crippen LogP contribution in [0.15, 0.2) is 54.6 Å². The molecule has 0 aliphatic rings. The molecule has 3 nitrogen and oxygen atoms in total. The molecule has 0 fully saturated rings. The van der Waals surface area contributed by atoms with Gasteiger partial charge in [-0.1, -0.05) is 90.9 Å². The molecule has 0 bridgehead atoms. The number of hydrogen-bond acceptors (Lipinski definition) is 2. The highest BCUT2D eigenvalue weighted by Gasteiger charge is 2.32. The molecule has 3 aromatic rings. The standard InChI is InChI=1S/C31H44N2OS/c1-11-25(27-17-16-21-14-12-13-15-26(21)32-27)28(33-35(34)31(8,9)10)22-18-23(29(2,3)4)20-24(19-22)30(5,6)7/h12-20,25,28,33H,11H2,1-10H3/t25-,28+,35?/m1/s1. The van der Waals surface area contributed by atoms with Gasteiger partial charge in [-0.2, -0.15) is 0 Å². The van der Waals surface area contributed by atoms with E-state index in [0.717, 1.165) is 23.0 Å². The molecule has 4 heteroatoms. The van der Waals surface area contributed by atoms with Crippen LogP contribution in [-0.4, -0.2) is 13.9 Å². The van der Waals surface area contributed by atoms with Crippen LogP contribution in [0.2, 0.25) is 0 Å². The van der Waals surface area contributed by atoms with Crippen molar-refractivity contribution in [2.75, 3.05) is 0 Å². The van der Waals surface area contributed by atoms with Crippen LogP contribution in [0.4, 0.5) is 0 Å². The molecule has 0 radical (unpaired) electrons. The Balaban J connectivity index is 2.22. The summed E-state index contributed by atoms with van der Waals surface area (Å²) in [6.07, 6.45) is 0.884. The van der Waals surface area contributed by atoms with Crippen LogP contribution >= 0.6 is 0 Å². The van der Waals surface area contributed by atoms with Crippen molar-refractivity contribution in [3.8, 4) is 0 Å². The summed E-state index contributed by atoms with van der Waals surface area (Å²) in [5.41, 5.74) is 5.83. The number of rotatable bonds is 6. The fourth-order valence-electron chi connectivity index (χ4n) is 4.28. The molecule has 0 aliphatic carbocycles. The smallest absolute Gasteiger partial charge is 0.0976 e. The number of benzene rings is 2. The van der Waals surface area contributed by atoms with Gasteiger partial charge in [0.25, 0.3) is 0 Å². The lowest BCUT2D eigenvalue weighted by molar-refractivity contribution is 0.484. The molecule has 35 heavy (non-hydrogen) atoms. The van der Waals surface area contributed by atoms with Crippen LogP contribution < -0.4 is 4.72 Å². The van der Waals surface area contributed by atoms with Crippen molar-refractivity contribution in [2.45, 2.75) is 103 Å². The Bertz CT molecular complexity index is 1160. The lowest BCUT2D eigenvalue weighted by atomic mass is 9.77. The Morgan fingerprint density at radius 1 is 0.829 bits per heavy atom. The molecule has 3 atom stereocenters. The minimum atomic E-state index is -1.22. The van der Waals surface area contributed by atoms with Gasteiger partial charge in [-0.3, -0.25) is 4.98 Å². The molecule has 1 N–H and O–H groups in total. The van der Waals surface area contributed by atoms with E-state index in [2.05, 4.69) is 95.7 Å².